The molecular weight excluding hydrogens is 482 g/mol. The standard InChI is InChI=1S/C30H23N3O5/c34-28-24(16-15-20-17-18-31-25-14-8-7-13-23(20)25)27(33(28)30(36)38-22-11-5-2-6-12-22)32-26(19-37-29(32)35)21-9-3-1-4-10-21/h1-18,24,26-27H,19H2/t24-,26?,27-/m1/s1. The Labute approximate surface area is 218 Å². The van der Waals surface area contributed by atoms with E-state index in [9.17, 15) is 14.4 Å². The Kier molecular flexibility index (Phi) is 6.05. The van der Waals surface area contributed by atoms with Gasteiger partial charge in [0.1, 0.15) is 18.5 Å². The topological polar surface area (TPSA) is 89.0 Å². The van der Waals surface area contributed by atoms with Crippen LogP contribution >= 0.6 is 0 Å². The summed E-state index contributed by atoms with van der Waals surface area (Å²) in [6.45, 7) is 0.112. The number of carbonyl (C=O) groups is 3. The minimum Gasteiger partial charge on any atom is -0.447 e. The van der Waals surface area contributed by atoms with Crippen LogP contribution in [0.5, 0.6) is 5.75 Å². The fraction of sp³-hybridized carbons (Fsp3) is 0.133. The van der Waals surface area contributed by atoms with Crippen LogP contribution in [0.2, 0.25) is 0 Å². The minimum atomic E-state index is -0.914. The lowest BCUT2D eigenvalue weighted by molar-refractivity contribution is -0.157. The summed E-state index contributed by atoms with van der Waals surface area (Å²) in [5, 5.41) is 0.928. The Morgan fingerprint density at radius 1 is 0.921 bits per heavy atom. The molecule has 6 rings (SSSR count). The third kappa shape index (κ3) is 4.16. The van der Waals surface area contributed by atoms with E-state index in [4.69, 9.17) is 9.47 Å². The Bertz CT molecular complexity index is 1530. The van der Waals surface area contributed by atoms with E-state index in [0.29, 0.717) is 5.75 Å². The molecule has 2 fully saturated rings. The number of likely N-dealkylation sites (tertiary alicyclic amines) is 1. The molecule has 1 aromatic heterocycles. The van der Waals surface area contributed by atoms with Crippen LogP contribution in [-0.4, -0.2) is 45.7 Å². The zero-order valence-electron chi connectivity index (χ0n) is 20.2. The fourth-order valence-electron chi connectivity index (χ4n) is 4.94. The molecule has 3 amide bonds. The van der Waals surface area contributed by atoms with Crippen molar-refractivity contribution >= 4 is 35.1 Å². The summed E-state index contributed by atoms with van der Waals surface area (Å²) >= 11 is 0. The maximum Gasteiger partial charge on any atom is 0.423 e. The van der Waals surface area contributed by atoms with Crippen molar-refractivity contribution in [3.63, 3.8) is 0 Å². The van der Waals surface area contributed by atoms with Crippen LogP contribution in [0.3, 0.4) is 0 Å². The lowest BCUT2D eigenvalue weighted by Crippen LogP contribution is -2.69. The molecule has 0 aliphatic carbocycles. The number of amides is 3. The molecule has 38 heavy (non-hydrogen) atoms. The molecule has 2 saturated heterocycles. The minimum absolute atomic E-state index is 0.112. The number of imide groups is 1. The van der Waals surface area contributed by atoms with Crippen molar-refractivity contribution in [1.29, 1.82) is 0 Å². The third-order valence-electron chi connectivity index (χ3n) is 6.80. The first-order valence-electron chi connectivity index (χ1n) is 12.2. The van der Waals surface area contributed by atoms with E-state index in [-0.39, 0.29) is 6.61 Å². The number of rotatable bonds is 5. The number of cyclic esters (lactones) is 1. The maximum atomic E-state index is 13.4. The second-order valence-electron chi connectivity index (χ2n) is 9.02. The summed E-state index contributed by atoms with van der Waals surface area (Å²) in [7, 11) is 0. The van der Waals surface area contributed by atoms with Gasteiger partial charge in [0.05, 0.1) is 17.5 Å². The van der Waals surface area contributed by atoms with Crippen molar-refractivity contribution in [2.45, 2.75) is 12.2 Å². The monoisotopic (exact) mass is 505 g/mol. The molecule has 0 radical (unpaired) electrons. The van der Waals surface area contributed by atoms with E-state index in [1.807, 2.05) is 66.7 Å². The maximum absolute atomic E-state index is 13.4. The zero-order chi connectivity index (χ0) is 26.1. The summed E-state index contributed by atoms with van der Waals surface area (Å²) < 4.78 is 10.9. The summed E-state index contributed by atoms with van der Waals surface area (Å²) in [5.41, 5.74) is 2.54. The quantitative estimate of drug-likeness (QED) is 0.336. The molecule has 3 atom stereocenters. The molecule has 2 aliphatic heterocycles. The summed E-state index contributed by atoms with van der Waals surface area (Å²) in [4.78, 5) is 46.4. The number of pyridine rings is 1. The van der Waals surface area contributed by atoms with E-state index in [1.54, 1.807) is 42.6 Å². The Morgan fingerprint density at radius 2 is 1.63 bits per heavy atom. The van der Waals surface area contributed by atoms with Crippen molar-refractivity contribution < 1.29 is 23.9 Å². The Morgan fingerprint density at radius 3 is 2.42 bits per heavy atom. The number of benzene rings is 3. The molecular formula is C30H23N3O5. The van der Waals surface area contributed by atoms with Crippen LogP contribution in [0.25, 0.3) is 17.0 Å². The molecule has 0 bridgehead atoms. The molecule has 188 valence electrons. The van der Waals surface area contributed by atoms with Crippen LogP contribution < -0.4 is 4.74 Å². The fourth-order valence-corrected chi connectivity index (χ4v) is 4.94. The van der Waals surface area contributed by atoms with Gasteiger partial charge in [-0.15, -0.1) is 0 Å². The van der Waals surface area contributed by atoms with Crippen molar-refractivity contribution in [1.82, 2.24) is 14.8 Å². The highest BCUT2D eigenvalue weighted by Crippen LogP contribution is 2.40. The molecule has 2 aliphatic rings. The highest BCUT2D eigenvalue weighted by atomic mass is 16.6. The summed E-state index contributed by atoms with van der Waals surface area (Å²) in [6.07, 6.45) is 2.91. The lowest BCUT2D eigenvalue weighted by atomic mass is 9.90. The second-order valence-corrected chi connectivity index (χ2v) is 9.02. The van der Waals surface area contributed by atoms with Crippen LogP contribution in [0.4, 0.5) is 9.59 Å². The van der Waals surface area contributed by atoms with Gasteiger partial charge in [-0.25, -0.2) is 14.5 Å². The number of carbonyl (C=O) groups excluding carboxylic acids is 3. The van der Waals surface area contributed by atoms with E-state index in [2.05, 4.69) is 4.98 Å². The molecule has 0 N–H and O–H groups in total. The molecule has 4 aromatic rings. The summed E-state index contributed by atoms with van der Waals surface area (Å²) in [5.74, 6) is -0.936. The van der Waals surface area contributed by atoms with Gasteiger partial charge >= 0.3 is 12.2 Å². The second kappa shape index (κ2) is 9.82. The first-order valence-corrected chi connectivity index (χ1v) is 12.2. The number of fused-ring (bicyclic) bond motifs is 1. The van der Waals surface area contributed by atoms with E-state index >= 15 is 0 Å². The highest BCUT2D eigenvalue weighted by molar-refractivity contribution is 6.02. The number of hydrogen-bond acceptors (Lipinski definition) is 6. The number of ether oxygens (including phenoxy) is 2. The van der Waals surface area contributed by atoms with Crippen molar-refractivity contribution in [2.75, 3.05) is 6.61 Å². The number of nitrogens with zero attached hydrogens (tertiary/aromatic N) is 3. The van der Waals surface area contributed by atoms with Gasteiger partial charge in [0.15, 0.2) is 0 Å². The lowest BCUT2D eigenvalue weighted by Gasteiger charge is -2.48. The van der Waals surface area contributed by atoms with Gasteiger partial charge in [-0.1, -0.05) is 78.9 Å². The third-order valence-corrected chi connectivity index (χ3v) is 6.80. The van der Waals surface area contributed by atoms with Gasteiger partial charge < -0.3 is 9.47 Å². The van der Waals surface area contributed by atoms with Gasteiger partial charge in [0, 0.05) is 11.6 Å². The Balaban J connectivity index is 1.36. The molecule has 8 heteroatoms. The molecule has 0 saturated carbocycles. The van der Waals surface area contributed by atoms with Crippen molar-refractivity contribution in [3.05, 3.63) is 114 Å². The predicted molar refractivity (Wildman–Crippen MR) is 140 cm³/mol. The number of aromatic nitrogens is 1. The van der Waals surface area contributed by atoms with Crippen molar-refractivity contribution in [2.24, 2.45) is 5.92 Å². The van der Waals surface area contributed by atoms with Gasteiger partial charge in [-0.3, -0.25) is 14.7 Å². The van der Waals surface area contributed by atoms with Gasteiger partial charge in [-0.2, -0.15) is 0 Å². The van der Waals surface area contributed by atoms with Crippen molar-refractivity contribution in [3.8, 4) is 5.75 Å². The van der Waals surface area contributed by atoms with Crippen LogP contribution in [0.1, 0.15) is 17.2 Å². The smallest absolute Gasteiger partial charge is 0.423 e. The molecule has 0 spiro atoms. The molecule has 8 nitrogen and oxygen atoms in total. The first-order chi connectivity index (χ1) is 18.6. The zero-order valence-corrected chi connectivity index (χ0v) is 20.2. The first kappa shape index (κ1) is 23.4. The van der Waals surface area contributed by atoms with Gasteiger partial charge in [-0.05, 0) is 35.4 Å². The number of β-lactam (4-membered cyclic amide) rings is 1. The number of hydrogen-bond donors (Lipinski definition) is 0. The number of para-hydroxylation sites is 2. The highest BCUT2D eigenvalue weighted by Gasteiger charge is 2.58. The average molecular weight is 506 g/mol. The van der Waals surface area contributed by atoms with Crippen LogP contribution in [0, 0.1) is 5.92 Å². The largest absolute Gasteiger partial charge is 0.447 e. The van der Waals surface area contributed by atoms with Crippen LogP contribution in [-0.2, 0) is 9.53 Å². The molecule has 1 unspecified atom stereocenters. The van der Waals surface area contributed by atoms with Gasteiger partial charge in [0.25, 0.3) is 0 Å². The van der Waals surface area contributed by atoms with Crippen LogP contribution in [0.15, 0.2) is 103 Å². The normalized spacial score (nSPS) is 21.0. The Hall–Kier alpha value is -4.98. The van der Waals surface area contributed by atoms with E-state index in [1.165, 1.54) is 4.90 Å². The predicted octanol–water partition coefficient (Wildman–Crippen LogP) is 5.43. The average Bonchev–Trinajstić information content (AvgIpc) is 3.33. The summed E-state index contributed by atoms with van der Waals surface area (Å²) in [6, 6.07) is 27.0. The molecule has 3 heterocycles. The van der Waals surface area contributed by atoms with E-state index < -0.39 is 36.2 Å². The SMILES string of the molecule is O=C(Oc1ccccc1)N1C(=O)[C@H](C=Cc2ccnc3ccccc23)[C@@H]1N1C(=O)OCC1c1ccccc1. The van der Waals surface area contributed by atoms with Gasteiger partial charge in [0.2, 0.25) is 5.91 Å². The van der Waals surface area contributed by atoms with E-state index in [0.717, 1.165) is 26.9 Å². The molecule has 3 aromatic carbocycles.